The molecule has 0 spiro atoms. The van der Waals surface area contributed by atoms with Gasteiger partial charge in [0.15, 0.2) is 0 Å². The van der Waals surface area contributed by atoms with E-state index >= 15 is 0 Å². The highest BCUT2D eigenvalue weighted by Gasteiger charge is 2.21. The smallest absolute Gasteiger partial charge is 0.131 e. The predicted octanol–water partition coefficient (Wildman–Crippen LogP) is 2.53. The molecule has 3 N–H and O–H groups in total. The van der Waals surface area contributed by atoms with E-state index in [9.17, 15) is 8.78 Å². The van der Waals surface area contributed by atoms with Crippen molar-refractivity contribution in [2.24, 2.45) is 5.84 Å². The minimum atomic E-state index is -0.749. The van der Waals surface area contributed by atoms with Crippen molar-refractivity contribution in [2.75, 3.05) is 0 Å². The van der Waals surface area contributed by atoms with Crippen LogP contribution < -0.4 is 11.3 Å². The lowest BCUT2D eigenvalue weighted by Crippen LogP contribution is -2.30. The van der Waals surface area contributed by atoms with E-state index in [1.807, 2.05) is 13.8 Å². The number of aromatic nitrogens is 1. The van der Waals surface area contributed by atoms with Crippen LogP contribution in [0.5, 0.6) is 0 Å². The first-order chi connectivity index (χ1) is 9.02. The zero-order chi connectivity index (χ0) is 14.0. The van der Waals surface area contributed by atoms with Gasteiger partial charge in [-0.25, -0.2) is 14.2 Å². The molecule has 3 nitrogen and oxygen atoms in total. The average molecular weight is 263 g/mol. The number of nitrogens with one attached hydrogen (secondary N) is 1. The third-order valence-corrected chi connectivity index (χ3v) is 2.89. The van der Waals surface area contributed by atoms with Crippen LogP contribution in [0.25, 0.3) is 0 Å². The largest absolute Gasteiger partial charge is 0.271 e. The van der Waals surface area contributed by atoms with E-state index in [-0.39, 0.29) is 5.56 Å². The molecule has 1 heterocycles. The van der Waals surface area contributed by atoms with Crippen molar-refractivity contribution >= 4 is 0 Å². The van der Waals surface area contributed by atoms with Gasteiger partial charge in [-0.2, -0.15) is 0 Å². The van der Waals surface area contributed by atoms with E-state index < -0.39 is 17.7 Å². The summed E-state index contributed by atoms with van der Waals surface area (Å²) in [7, 11) is 0. The lowest BCUT2D eigenvalue weighted by Gasteiger charge is -2.19. The molecule has 0 aliphatic carbocycles. The third-order valence-electron chi connectivity index (χ3n) is 2.89. The van der Waals surface area contributed by atoms with Crippen LogP contribution in [-0.2, 0) is 0 Å². The van der Waals surface area contributed by atoms with Gasteiger partial charge in [-0.05, 0) is 43.7 Å². The topological polar surface area (TPSA) is 50.9 Å². The molecule has 19 heavy (non-hydrogen) atoms. The number of pyridine rings is 1. The fraction of sp³-hybridized carbons (Fsp3) is 0.214. The first-order valence-corrected chi connectivity index (χ1v) is 5.88. The minimum absolute atomic E-state index is 0.0880. The highest BCUT2D eigenvalue weighted by Crippen LogP contribution is 2.26. The molecule has 2 aromatic rings. The van der Waals surface area contributed by atoms with E-state index in [2.05, 4.69) is 10.4 Å². The maximum absolute atomic E-state index is 13.8. The fourth-order valence-electron chi connectivity index (χ4n) is 2.17. The first-order valence-electron chi connectivity index (χ1n) is 5.88. The van der Waals surface area contributed by atoms with Crippen molar-refractivity contribution in [3.63, 3.8) is 0 Å². The maximum atomic E-state index is 13.8. The number of nitrogens with two attached hydrogens (primary N) is 1. The summed E-state index contributed by atoms with van der Waals surface area (Å²) in [6, 6.07) is 6.51. The van der Waals surface area contributed by atoms with Gasteiger partial charge < -0.3 is 0 Å². The van der Waals surface area contributed by atoms with Crippen LogP contribution in [0.4, 0.5) is 8.78 Å². The van der Waals surface area contributed by atoms with Gasteiger partial charge >= 0.3 is 0 Å². The number of hydrogen-bond acceptors (Lipinski definition) is 3. The summed E-state index contributed by atoms with van der Waals surface area (Å²) < 4.78 is 27.6. The van der Waals surface area contributed by atoms with E-state index in [4.69, 9.17) is 5.84 Å². The number of hydrogen-bond donors (Lipinski definition) is 2. The van der Waals surface area contributed by atoms with Crippen LogP contribution in [0, 0.1) is 25.5 Å². The summed E-state index contributed by atoms with van der Waals surface area (Å²) in [5.74, 6) is 4.21. The quantitative estimate of drug-likeness (QED) is 0.661. The van der Waals surface area contributed by atoms with Gasteiger partial charge in [-0.3, -0.25) is 10.8 Å². The second-order valence-electron chi connectivity index (χ2n) is 4.42. The van der Waals surface area contributed by atoms with Crippen LogP contribution >= 0.6 is 0 Å². The van der Waals surface area contributed by atoms with Crippen LogP contribution in [0.1, 0.15) is 28.6 Å². The third kappa shape index (κ3) is 2.77. The summed E-state index contributed by atoms with van der Waals surface area (Å²) in [6.45, 7) is 3.64. The molecule has 1 aromatic heterocycles. The minimum Gasteiger partial charge on any atom is -0.271 e. The summed E-state index contributed by atoms with van der Waals surface area (Å²) in [5, 5.41) is 0. The molecule has 0 aliphatic rings. The highest BCUT2D eigenvalue weighted by atomic mass is 19.1. The fourth-order valence-corrected chi connectivity index (χ4v) is 2.17. The van der Waals surface area contributed by atoms with Gasteiger partial charge in [-0.15, -0.1) is 0 Å². The number of nitrogens with zero attached hydrogens (tertiary/aromatic N) is 1. The molecule has 5 heteroatoms. The van der Waals surface area contributed by atoms with Crippen molar-refractivity contribution in [1.82, 2.24) is 10.4 Å². The van der Waals surface area contributed by atoms with Crippen LogP contribution in [0.2, 0.25) is 0 Å². The summed E-state index contributed by atoms with van der Waals surface area (Å²) in [6.07, 6.45) is 0. The molecule has 0 aliphatic heterocycles. The lowest BCUT2D eigenvalue weighted by atomic mass is 9.98. The number of benzene rings is 1. The number of hydrazine groups is 1. The molecule has 0 saturated carbocycles. The SMILES string of the molecule is Cc1cc(C(NN)c2c(F)cccc2F)cc(C)n1. The highest BCUT2D eigenvalue weighted by molar-refractivity contribution is 5.35. The zero-order valence-corrected chi connectivity index (χ0v) is 10.7. The van der Waals surface area contributed by atoms with Crippen molar-refractivity contribution in [1.29, 1.82) is 0 Å². The van der Waals surface area contributed by atoms with E-state index in [0.717, 1.165) is 11.4 Å². The van der Waals surface area contributed by atoms with E-state index in [1.165, 1.54) is 18.2 Å². The monoisotopic (exact) mass is 263 g/mol. The summed E-state index contributed by atoms with van der Waals surface area (Å²) >= 11 is 0. The Morgan fingerprint density at radius 3 is 2.11 bits per heavy atom. The standard InChI is InChI=1S/C14H15F2N3/c1-8-6-10(7-9(2)18-8)14(19-17)13-11(15)4-3-5-12(13)16/h3-7,14,19H,17H2,1-2H3. The Hall–Kier alpha value is -1.85. The van der Waals surface area contributed by atoms with Crippen molar-refractivity contribution in [3.8, 4) is 0 Å². The summed E-state index contributed by atoms with van der Waals surface area (Å²) in [4.78, 5) is 4.23. The second kappa shape index (κ2) is 5.42. The lowest BCUT2D eigenvalue weighted by molar-refractivity contribution is 0.510. The number of aryl methyl sites for hydroxylation is 2. The van der Waals surface area contributed by atoms with Gasteiger partial charge in [0.25, 0.3) is 0 Å². The zero-order valence-electron chi connectivity index (χ0n) is 10.7. The molecular formula is C14H15F2N3. The molecule has 2 rings (SSSR count). The first kappa shape index (κ1) is 13.6. The van der Waals surface area contributed by atoms with Gasteiger partial charge in [0, 0.05) is 17.0 Å². The van der Waals surface area contributed by atoms with Gasteiger partial charge in [0.2, 0.25) is 0 Å². The molecule has 0 bridgehead atoms. The van der Waals surface area contributed by atoms with E-state index in [1.54, 1.807) is 12.1 Å². The Morgan fingerprint density at radius 2 is 1.63 bits per heavy atom. The van der Waals surface area contributed by atoms with Crippen LogP contribution in [0.3, 0.4) is 0 Å². The van der Waals surface area contributed by atoms with Crippen molar-refractivity contribution < 1.29 is 8.78 Å². The predicted molar refractivity (Wildman–Crippen MR) is 69.2 cm³/mol. The Morgan fingerprint density at radius 1 is 1.11 bits per heavy atom. The molecular weight excluding hydrogens is 248 g/mol. The molecule has 1 atom stereocenters. The number of halogens is 2. The van der Waals surface area contributed by atoms with E-state index in [0.29, 0.717) is 5.56 Å². The Kier molecular flexibility index (Phi) is 3.87. The molecule has 1 unspecified atom stereocenters. The molecule has 1 aromatic carbocycles. The number of rotatable bonds is 3. The Labute approximate surface area is 110 Å². The molecule has 0 amide bonds. The van der Waals surface area contributed by atoms with Gasteiger partial charge in [0.1, 0.15) is 11.6 Å². The van der Waals surface area contributed by atoms with Crippen molar-refractivity contribution in [3.05, 3.63) is 64.5 Å². The Balaban J connectivity index is 2.56. The van der Waals surface area contributed by atoms with Gasteiger partial charge in [0.05, 0.1) is 6.04 Å². The molecule has 0 radical (unpaired) electrons. The second-order valence-corrected chi connectivity index (χ2v) is 4.42. The normalized spacial score (nSPS) is 12.5. The molecule has 0 fully saturated rings. The molecule has 0 saturated heterocycles. The van der Waals surface area contributed by atoms with Crippen LogP contribution in [0.15, 0.2) is 30.3 Å². The van der Waals surface area contributed by atoms with Crippen LogP contribution in [-0.4, -0.2) is 4.98 Å². The Bertz CT molecular complexity index is 559. The summed E-state index contributed by atoms with van der Waals surface area (Å²) in [5.41, 5.74) is 4.59. The average Bonchev–Trinajstić information content (AvgIpc) is 2.32. The molecule has 100 valence electrons. The van der Waals surface area contributed by atoms with Crippen molar-refractivity contribution in [2.45, 2.75) is 19.9 Å². The maximum Gasteiger partial charge on any atom is 0.131 e. The van der Waals surface area contributed by atoms with Gasteiger partial charge in [-0.1, -0.05) is 6.07 Å².